The quantitative estimate of drug-likeness (QED) is 0.159. The molecule has 0 unspecified atom stereocenters. The van der Waals surface area contributed by atoms with Crippen LogP contribution in [0.25, 0.3) is 0 Å². The molecule has 1 aromatic carbocycles. The third kappa shape index (κ3) is 9.71. The third-order valence-electron chi connectivity index (χ3n) is 6.53. The molecule has 40 heavy (non-hydrogen) atoms. The summed E-state index contributed by atoms with van der Waals surface area (Å²) in [5.74, 6) is 0.0304. The minimum absolute atomic E-state index is 0.0145. The van der Waals surface area contributed by atoms with Crippen LogP contribution in [0.15, 0.2) is 57.6 Å². The first-order chi connectivity index (χ1) is 19.3. The lowest BCUT2D eigenvalue weighted by Crippen LogP contribution is -2.32. The van der Waals surface area contributed by atoms with Crippen LogP contribution in [0.5, 0.6) is 0 Å². The number of amides is 1. The van der Waals surface area contributed by atoms with Gasteiger partial charge in [-0.15, -0.1) is 0 Å². The molecule has 1 N–H and O–H groups in total. The predicted molar refractivity (Wildman–Crippen MR) is 154 cm³/mol. The summed E-state index contributed by atoms with van der Waals surface area (Å²) < 4.78 is 16.3. The van der Waals surface area contributed by atoms with Crippen LogP contribution in [0, 0.1) is 5.82 Å². The molecule has 0 radical (unpaired) electrons. The third-order valence-corrected chi connectivity index (χ3v) is 7.59. The molecule has 0 fully saturated rings. The maximum atomic E-state index is 13.3. The minimum Gasteiger partial charge on any atom is -0.395 e. The van der Waals surface area contributed by atoms with Gasteiger partial charge in [-0.25, -0.2) is 14.2 Å². The summed E-state index contributed by atoms with van der Waals surface area (Å²) in [5, 5.41) is 9.60. The number of hydrogen-bond donors (Lipinski definition) is 1. The van der Waals surface area contributed by atoms with E-state index in [0.717, 1.165) is 24.8 Å². The number of unbranched alkanes of at least 4 members (excludes halogenated alkanes) is 5. The number of benzene rings is 1. The highest BCUT2D eigenvalue weighted by Gasteiger charge is 2.16. The zero-order valence-corrected chi connectivity index (χ0v) is 24.0. The first kappa shape index (κ1) is 31.2. The summed E-state index contributed by atoms with van der Waals surface area (Å²) in [4.78, 5) is 47.9. The summed E-state index contributed by atoms with van der Waals surface area (Å²) >= 11 is 1.30. The fourth-order valence-electron chi connectivity index (χ4n) is 4.20. The minimum atomic E-state index is -0.486. The summed E-state index contributed by atoms with van der Waals surface area (Å²) in [6, 6.07) is 6.11. The van der Waals surface area contributed by atoms with Crippen LogP contribution in [-0.2, 0) is 30.1 Å². The van der Waals surface area contributed by atoms with E-state index in [-0.39, 0.29) is 37.8 Å². The Bertz CT molecular complexity index is 1360. The molecule has 2 heterocycles. The lowest BCUT2D eigenvalue weighted by molar-refractivity contribution is -0.130. The van der Waals surface area contributed by atoms with Gasteiger partial charge in [-0.1, -0.05) is 62.9 Å². The van der Waals surface area contributed by atoms with Gasteiger partial charge in [0.05, 0.1) is 13.2 Å². The molecular weight excluding hydrogens is 533 g/mol. The lowest BCUT2D eigenvalue weighted by Gasteiger charge is -2.20. The van der Waals surface area contributed by atoms with Crippen molar-refractivity contribution < 1.29 is 14.3 Å². The number of carbonyl (C=O) groups is 1. The Hall–Kier alpha value is -3.31. The van der Waals surface area contributed by atoms with Crippen LogP contribution in [0.1, 0.15) is 62.1 Å². The van der Waals surface area contributed by atoms with Gasteiger partial charge in [-0.2, -0.15) is 4.98 Å². The molecule has 0 spiro atoms. The van der Waals surface area contributed by atoms with Gasteiger partial charge < -0.3 is 14.6 Å². The van der Waals surface area contributed by atoms with Crippen LogP contribution in [-0.4, -0.2) is 55.2 Å². The van der Waals surface area contributed by atoms with Crippen molar-refractivity contribution in [3.8, 4) is 0 Å². The van der Waals surface area contributed by atoms with E-state index < -0.39 is 11.2 Å². The SMILES string of the molecule is CCCCCCCCN(C)C(=O)Cn1cc(Cc2cnc(=O)n(CCO)c2)c(=O)nc1SCc1ccc(F)cc1. The normalized spacial score (nSPS) is 11.1. The van der Waals surface area contributed by atoms with Gasteiger partial charge in [-0.3, -0.25) is 14.2 Å². The van der Waals surface area contributed by atoms with Crippen molar-refractivity contribution in [2.24, 2.45) is 0 Å². The zero-order chi connectivity index (χ0) is 28.9. The van der Waals surface area contributed by atoms with Crippen LogP contribution in [0.3, 0.4) is 0 Å². The number of aliphatic hydroxyl groups is 1. The highest BCUT2D eigenvalue weighted by molar-refractivity contribution is 7.98. The van der Waals surface area contributed by atoms with Gasteiger partial charge in [-0.05, 0) is 29.7 Å². The number of aliphatic hydroxyl groups excluding tert-OH is 1. The number of halogens is 1. The van der Waals surface area contributed by atoms with Crippen molar-refractivity contribution in [3.63, 3.8) is 0 Å². The first-order valence-electron chi connectivity index (χ1n) is 13.7. The average molecular weight is 572 g/mol. The van der Waals surface area contributed by atoms with Gasteiger partial charge in [0.15, 0.2) is 5.16 Å². The molecular formula is C29H38FN5O4S. The Morgan fingerprint density at radius 1 is 1.02 bits per heavy atom. The maximum Gasteiger partial charge on any atom is 0.347 e. The molecule has 0 aliphatic rings. The van der Waals surface area contributed by atoms with Crippen molar-refractivity contribution in [1.29, 1.82) is 0 Å². The summed E-state index contributed by atoms with van der Waals surface area (Å²) in [5.41, 5.74) is 0.899. The van der Waals surface area contributed by atoms with Gasteiger partial charge in [0, 0.05) is 49.9 Å². The Morgan fingerprint density at radius 2 is 1.75 bits per heavy atom. The predicted octanol–water partition coefficient (Wildman–Crippen LogP) is 3.63. The molecule has 0 saturated heterocycles. The second kappa shape index (κ2) is 16.1. The molecule has 0 aliphatic carbocycles. The molecule has 0 bridgehead atoms. The Labute approximate surface area is 238 Å². The van der Waals surface area contributed by atoms with E-state index in [1.54, 1.807) is 41.0 Å². The highest BCUT2D eigenvalue weighted by Crippen LogP contribution is 2.21. The average Bonchev–Trinajstić information content (AvgIpc) is 2.94. The summed E-state index contributed by atoms with van der Waals surface area (Å²) in [7, 11) is 1.78. The molecule has 0 saturated carbocycles. The van der Waals surface area contributed by atoms with Crippen LogP contribution >= 0.6 is 11.8 Å². The smallest absolute Gasteiger partial charge is 0.347 e. The number of aromatic nitrogens is 4. The molecule has 1 amide bonds. The topological polar surface area (TPSA) is 110 Å². The first-order valence-corrected chi connectivity index (χ1v) is 14.7. The molecule has 9 nitrogen and oxygen atoms in total. The Morgan fingerprint density at radius 3 is 2.48 bits per heavy atom. The van der Waals surface area contributed by atoms with Crippen LogP contribution in [0.2, 0.25) is 0 Å². The van der Waals surface area contributed by atoms with Crippen molar-refractivity contribution in [3.05, 3.63) is 86.2 Å². The highest BCUT2D eigenvalue weighted by atomic mass is 32.2. The Kier molecular flexibility index (Phi) is 12.5. The molecule has 3 rings (SSSR count). The van der Waals surface area contributed by atoms with E-state index in [1.807, 2.05) is 0 Å². The van der Waals surface area contributed by atoms with Gasteiger partial charge >= 0.3 is 5.69 Å². The molecule has 216 valence electrons. The monoisotopic (exact) mass is 571 g/mol. The molecule has 0 aliphatic heterocycles. The van der Waals surface area contributed by atoms with Crippen LogP contribution < -0.4 is 11.2 Å². The number of rotatable bonds is 16. The van der Waals surface area contributed by atoms with Crippen molar-refractivity contribution in [2.45, 2.75) is 75.9 Å². The number of likely N-dealkylation sites (N-methyl/N-ethyl adjacent to an activating group) is 1. The van der Waals surface area contributed by atoms with E-state index in [0.29, 0.717) is 28.6 Å². The van der Waals surface area contributed by atoms with E-state index in [4.69, 9.17) is 0 Å². The van der Waals surface area contributed by atoms with Gasteiger partial charge in [0.25, 0.3) is 5.56 Å². The van der Waals surface area contributed by atoms with E-state index in [9.17, 15) is 23.9 Å². The maximum absolute atomic E-state index is 13.3. The summed E-state index contributed by atoms with van der Waals surface area (Å²) in [6.07, 6.45) is 11.6. The zero-order valence-electron chi connectivity index (χ0n) is 23.2. The van der Waals surface area contributed by atoms with Crippen molar-refractivity contribution >= 4 is 17.7 Å². The molecule has 11 heteroatoms. The number of carbonyl (C=O) groups excluding carboxylic acids is 1. The van der Waals surface area contributed by atoms with Crippen molar-refractivity contribution in [1.82, 2.24) is 24.0 Å². The number of hydrogen-bond acceptors (Lipinski definition) is 7. The molecule has 2 aromatic heterocycles. The largest absolute Gasteiger partial charge is 0.395 e. The van der Waals surface area contributed by atoms with E-state index in [2.05, 4.69) is 16.9 Å². The fourth-order valence-corrected chi connectivity index (χ4v) is 5.12. The van der Waals surface area contributed by atoms with Gasteiger partial charge in [0.1, 0.15) is 12.4 Å². The second-order valence-corrected chi connectivity index (χ2v) is 10.8. The van der Waals surface area contributed by atoms with Gasteiger partial charge in [0.2, 0.25) is 5.91 Å². The Balaban J connectivity index is 1.79. The van der Waals surface area contributed by atoms with Crippen molar-refractivity contribution in [2.75, 3.05) is 20.2 Å². The standard InChI is InChI=1S/C29H38FN5O4S/c1-3-4-5-6-7-8-13-33(2)26(37)20-35-19-24(16-23-17-31-28(39)34(18-23)14-15-36)27(38)32-29(35)40-21-22-9-11-25(30)12-10-22/h9-12,17-19,36H,3-8,13-16,20-21H2,1-2H3. The van der Waals surface area contributed by atoms with Crippen LogP contribution in [0.4, 0.5) is 4.39 Å². The second-order valence-electron chi connectivity index (χ2n) is 9.82. The number of nitrogens with zero attached hydrogens (tertiary/aromatic N) is 5. The summed E-state index contributed by atoms with van der Waals surface area (Å²) in [6.45, 7) is 2.74. The fraction of sp³-hybridized carbons (Fsp3) is 0.483. The van der Waals surface area contributed by atoms with E-state index in [1.165, 1.54) is 53.9 Å². The van der Waals surface area contributed by atoms with E-state index >= 15 is 0 Å². The number of thioether (sulfide) groups is 1. The lowest BCUT2D eigenvalue weighted by atomic mass is 10.1. The molecule has 0 atom stereocenters. The molecule has 3 aromatic rings.